The Balaban J connectivity index is 2.39. The lowest BCUT2D eigenvalue weighted by Crippen LogP contribution is -2.50. The summed E-state index contributed by atoms with van der Waals surface area (Å²) >= 11 is 0. The summed E-state index contributed by atoms with van der Waals surface area (Å²) in [6.45, 7) is 0. The van der Waals surface area contributed by atoms with E-state index in [1.165, 1.54) is 36.4 Å². The average Bonchev–Trinajstić information content (AvgIpc) is 2.73. The van der Waals surface area contributed by atoms with E-state index >= 15 is 0 Å². The highest BCUT2D eigenvalue weighted by Gasteiger charge is 2.28. The Morgan fingerprint density at radius 2 is 1.60 bits per heavy atom. The summed E-state index contributed by atoms with van der Waals surface area (Å²) in [5.74, 6) is -3.87. The van der Waals surface area contributed by atoms with E-state index in [1.54, 1.807) is 18.2 Å². The molecule has 0 radical (unpaired) electrons. The minimum atomic E-state index is -1.47. The van der Waals surface area contributed by atoms with Crippen molar-refractivity contribution in [3.8, 4) is 0 Å². The van der Waals surface area contributed by atoms with Crippen LogP contribution in [0.2, 0.25) is 1.41 Å². The number of nitrogens with two attached hydrogens (primary N) is 3. The van der Waals surface area contributed by atoms with Crippen molar-refractivity contribution in [3.63, 3.8) is 0 Å². The number of hydrogen-bond acceptors (Lipinski definition) is 5. The van der Waals surface area contributed by atoms with Crippen molar-refractivity contribution in [2.45, 2.75) is 18.5 Å². The smallest absolute Gasteiger partial charge is 0.252 e. The summed E-state index contributed by atoms with van der Waals surface area (Å²) in [5, 5.41) is 10.2. The Hall–Kier alpha value is -4.21. The number of rotatable bonds is 9. The first-order valence-electron chi connectivity index (χ1n) is 9.26. The van der Waals surface area contributed by atoms with E-state index < -0.39 is 42.1 Å². The second-order valence-corrected chi connectivity index (χ2v) is 6.38. The molecular formula is C20H22N6O4. The maximum atomic E-state index is 13.0. The molecule has 9 N–H and O–H groups in total. The molecule has 2 aromatic carbocycles. The summed E-state index contributed by atoms with van der Waals surface area (Å²) in [5.41, 5.74) is 16.3. The van der Waals surface area contributed by atoms with Gasteiger partial charge >= 0.3 is 0 Å². The van der Waals surface area contributed by atoms with Crippen LogP contribution in [0.4, 0.5) is 0 Å². The molecule has 0 aliphatic rings. The predicted molar refractivity (Wildman–Crippen MR) is 109 cm³/mol. The van der Waals surface area contributed by atoms with E-state index in [0.717, 1.165) is 0 Å². The fraction of sp³-hybridized carbons (Fsp3) is 0.150. The van der Waals surface area contributed by atoms with Gasteiger partial charge in [-0.2, -0.15) is 0 Å². The molecule has 4 amide bonds. The van der Waals surface area contributed by atoms with Crippen LogP contribution < -0.4 is 27.8 Å². The number of amidine groups is 1. The summed E-state index contributed by atoms with van der Waals surface area (Å²) in [4.78, 5) is 48.7. The Morgan fingerprint density at radius 3 is 2.17 bits per heavy atom. The topological polar surface area (TPSA) is 194 Å². The number of amides is 4. The SMILES string of the molecule is [2H]N(C(=O)c1cccc(C(=N)N)c1)[C@@H](C(=O)N[C@@H](CC(N)=O)C(N)=O)c1ccccc1. The molecular weight excluding hydrogens is 388 g/mol. The lowest BCUT2D eigenvalue weighted by Gasteiger charge is -2.22. The normalized spacial score (nSPS) is 12.7. The van der Waals surface area contributed by atoms with Crippen molar-refractivity contribution >= 4 is 29.5 Å². The number of nitrogens with one attached hydrogen (secondary N) is 3. The van der Waals surface area contributed by atoms with Gasteiger partial charge in [-0.3, -0.25) is 24.6 Å². The summed E-state index contributed by atoms with van der Waals surface area (Å²) in [7, 11) is 0. The molecule has 0 aliphatic heterocycles. The Kier molecular flexibility index (Phi) is 6.72. The van der Waals surface area contributed by atoms with E-state index in [9.17, 15) is 19.2 Å². The van der Waals surface area contributed by atoms with Crippen LogP contribution >= 0.6 is 0 Å². The van der Waals surface area contributed by atoms with Gasteiger partial charge in [-0.05, 0) is 17.7 Å². The van der Waals surface area contributed by atoms with Crippen LogP contribution in [-0.4, -0.2) is 35.5 Å². The number of nitrogen functional groups attached to an aromatic ring is 1. The van der Waals surface area contributed by atoms with Crippen molar-refractivity contribution < 1.29 is 20.6 Å². The van der Waals surface area contributed by atoms with Crippen LogP contribution in [0.1, 0.15) is 33.9 Å². The maximum absolute atomic E-state index is 13.0. The zero-order valence-corrected chi connectivity index (χ0v) is 15.9. The fourth-order valence-electron chi connectivity index (χ4n) is 2.61. The highest BCUT2D eigenvalue weighted by molar-refractivity contribution is 6.02. The lowest BCUT2D eigenvalue weighted by atomic mass is 10.0. The van der Waals surface area contributed by atoms with Crippen LogP contribution in [0.3, 0.4) is 0 Å². The molecule has 0 saturated heterocycles. The minimum absolute atomic E-state index is 0.0278. The molecule has 0 bridgehead atoms. The molecule has 0 aromatic heterocycles. The Bertz CT molecular complexity index is 1010. The average molecular weight is 411 g/mol. The second-order valence-electron chi connectivity index (χ2n) is 6.38. The maximum Gasteiger partial charge on any atom is 0.252 e. The first-order chi connectivity index (χ1) is 14.6. The van der Waals surface area contributed by atoms with E-state index in [0.29, 0.717) is 5.31 Å². The molecule has 10 heteroatoms. The number of benzene rings is 2. The summed E-state index contributed by atoms with van der Waals surface area (Å²) in [6.07, 6.45) is -0.533. The molecule has 0 unspecified atom stereocenters. The van der Waals surface area contributed by atoms with E-state index in [-0.39, 0.29) is 22.5 Å². The Morgan fingerprint density at radius 1 is 0.967 bits per heavy atom. The predicted octanol–water partition coefficient (Wildman–Crippen LogP) is -0.713. The van der Waals surface area contributed by atoms with Crippen molar-refractivity contribution in [2.75, 3.05) is 0 Å². The van der Waals surface area contributed by atoms with Gasteiger partial charge in [0.25, 0.3) is 5.91 Å². The molecule has 10 nitrogen and oxygen atoms in total. The standard InChI is InChI=1S/C20H22N6O4/c21-15(27)10-14(18(24)28)25-20(30)16(11-5-2-1-3-6-11)26-19(29)13-8-4-7-12(9-13)17(22)23/h1-9,14,16H,10H2,(H2,21,27)(H3,22,23)(H2,24,28)(H,25,30)(H,26,29)/t14-,16+/m0/s1/i/hD. The van der Waals surface area contributed by atoms with Crippen LogP contribution in [-0.2, 0) is 14.4 Å². The van der Waals surface area contributed by atoms with Crippen molar-refractivity contribution in [2.24, 2.45) is 17.2 Å². The number of carbonyl (C=O) groups excluding carboxylic acids is 4. The van der Waals surface area contributed by atoms with Gasteiger partial charge in [-0.25, -0.2) is 0 Å². The zero-order chi connectivity index (χ0) is 23.1. The monoisotopic (exact) mass is 411 g/mol. The van der Waals surface area contributed by atoms with Gasteiger partial charge in [0, 0.05) is 11.1 Å². The first kappa shape index (κ1) is 20.5. The second kappa shape index (κ2) is 9.82. The van der Waals surface area contributed by atoms with E-state index in [4.69, 9.17) is 24.0 Å². The molecule has 2 rings (SSSR count). The van der Waals surface area contributed by atoms with Crippen LogP contribution in [0.5, 0.6) is 0 Å². The largest absolute Gasteiger partial charge is 0.384 e. The summed E-state index contributed by atoms with van der Waals surface area (Å²) < 4.78 is 8.34. The summed E-state index contributed by atoms with van der Waals surface area (Å²) in [6, 6.07) is 10.8. The molecule has 0 spiro atoms. The van der Waals surface area contributed by atoms with Crippen molar-refractivity contribution in [1.29, 1.82) is 5.41 Å². The first-order valence-corrected chi connectivity index (χ1v) is 8.81. The number of hydrogen-bond donors (Lipinski definition) is 6. The number of carbonyl (C=O) groups is 4. The minimum Gasteiger partial charge on any atom is -0.384 e. The van der Waals surface area contributed by atoms with Gasteiger partial charge in [0.2, 0.25) is 17.7 Å². The van der Waals surface area contributed by atoms with Gasteiger partial charge in [-0.1, -0.05) is 42.5 Å². The van der Waals surface area contributed by atoms with Crippen LogP contribution in [0.25, 0.3) is 0 Å². The third-order valence-corrected chi connectivity index (χ3v) is 4.10. The van der Waals surface area contributed by atoms with E-state index in [2.05, 4.69) is 5.32 Å². The molecule has 0 fully saturated rings. The third kappa shape index (κ3) is 5.89. The third-order valence-electron chi connectivity index (χ3n) is 4.10. The van der Waals surface area contributed by atoms with Gasteiger partial charge in [0.05, 0.1) is 6.42 Å². The van der Waals surface area contributed by atoms with Crippen LogP contribution in [0, 0.1) is 5.41 Å². The van der Waals surface area contributed by atoms with E-state index in [1.807, 2.05) is 0 Å². The Labute approximate surface area is 173 Å². The molecule has 0 heterocycles. The molecule has 2 atom stereocenters. The van der Waals surface area contributed by atoms with Gasteiger partial charge in [0.15, 0.2) is 1.41 Å². The zero-order valence-electron chi connectivity index (χ0n) is 16.9. The molecule has 156 valence electrons. The fourth-order valence-corrected chi connectivity index (χ4v) is 2.61. The lowest BCUT2D eigenvalue weighted by molar-refractivity contribution is -0.130. The van der Waals surface area contributed by atoms with Crippen molar-refractivity contribution in [1.82, 2.24) is 10.6 Å². The highest BCUT2D eigenvalue weighted by atomic mass is 16.2. The molecule has 0 saturated carbocycles. The van der Waals surface area contributed by atoms with Crippen LogP contribution in [0.15, 0.2) is 54.6 Å². The number of primary amides is 2. The molecule has 0 aliphatic carbocycles. The highest BCUT2D eigenvalue weighted by Crippen LogP contribution is 2.15. The molecule has 2 aromatic rings. The molecule has 30 heavy (non-hydrogen) atoms. The quantitative estimate of drug-likeness (QED) is 0.234. The van der Waals surface area contributed by atoms with Crippen molar-refractivity contribution in [3.05, 3.63) is 71.3 Å². The van der Waals surface area contributed by atoms with Gasteiger partial charge < -0.3 is 27.8 Å². The van der Waals surface area contributed by atoms with Gasteiger partial charge in [-0.15, -0.1) is 0 Å². The van der Waals surface area contributed by atoms with Gasteiger partial charge in [0.1, 0.15) is 17.9 Å².